The second kappa shape index (κ2) is 11.6. The SMILES string of the molecule is CCCCN(C)CCNC(=NC)N1CCC(C)CC1.I. The van der Waals surface area contributed by atoms with Gasteiger partial charge in [-0.05, 0) is 38.8 Å². The third-order valence-corrected chi connectivity index (χ3v) is 3.96. The highest BCUT2D eigenvalue weighted by Crippen LogP contribution is 2.15. The van der Waals surface area contributed by atoms with Gasteiger partial charge in [0.1, 0.15) is 0 Å². The lowest BCUT2D eigenvalue weighted by Gasteiger charge is -2.33. The lowest BCUT2D eigenvalue weighted by molar-refractivity contribution is 0.271. The molecule has 0 aromatic heterocycles. The Morgan fingerprint density at radius 3 is 2.50 bits per heavy atom. The molecule has 20 heavy (non-hydrogen) atoms. The molecule has 0 atom stereocenters. The summed E-state index contributed by atoms with van der Waals surface area (Å²) in [6.45, 7) is 10.1. The first-order valence-electron chi connectivity index (χ1n) is 7.81. The van der Waals surface area contributed by atoms with Crippen molar-refractivity contribution in [3.8, 4) is 0 Å². The van der Waals surface area contributed by atoms with Gasteiger partial charge >= 0.3 is 0 Å². The fourth-order valence-electron chi connectivity index (χ4n) is 2.45. The molecule has 0 aromatic rings. The fourth-order valence-corrected chi connectivity index (χ4v) is 2.45. The minimum atomic E-state index is 0. The molecule has 0 unspecified atom stereocenters. The average Bonchev–Trinajstić information content (AvgIpc) is 2.42. The van der Waals surface area contributed by atoms with Crippen LogP contribution < -0.4 is 5.32 Å². The second-order valence-corrected chi connectivity index (χ2v) is 5.80. The molecule has 1 aliphatic rings. The van der Waals surface area contributed by atoms with Gasteiger partial charge in [-0.2, -0.15) is 0 Å². The maximum absolute atomic E-state index is 4.41. The van der Waals surface area contributed by atoms with Crippen molar-refractivity contribution in [1.29, 1.82) is 0 Å². The number of guanidine groups is 1. The molecular formula is C15H33IN4. The molecule has 0 aliphatic carbocycles. The summed E-state index contributed by atoms with van der Waals surface area (Å²) in [6.07, 6.45) is 5.13. The van der Waals surface area contributed by atoms with Gasteiger partial charge in [0.25, 0.3) is 0 Å². The van der Waals surface area contributed by atoms with E-state index in [1.165, 1.54) is 32.2 Å². The minimum Gasteiger partial charge on any atom is -0.355 e. The first kappa shape index (κ1) is 20.0. The van der Waals surface area contributed by atoms with E-state index in [-0.39, 0.29) is 24.0 Å². The highest BCUT2D eigenvalue weighted by atomic mass is 127. The van der Waals surface area contributed by atoms with Gasteiger partial charge in [0.05, 0.1) is 0 Å². The van der Waals surface area contributed by atoms with Gasteiger partial charge in [-0.15, -0.1) is 24.0 Å². The Hall–Kier alpha value is -0.0400. The molecule has 120 valence electrons. The van der Waals surface area contributed by atoms with E-state index in [4.69, 9.17) is 0 Å². The Kier molecular flexibility index (Phi) is 11.6. The van der Waals surface area contributed by atoms with Gasteiger partial charge in [-0.3, -0.25) is 4.99 Å². The average molecular weight is 396 g/mol. The number of likely N-dealkylation sites (N-methyl/N-ethyl adjacent to an activating group) is 1. The predicted octanol–water partition coefficient (Wildman–Crippen LogP) is 2.64. The Bertz CT molecular complexity index is 263. The topological polar surface area (TPSA) is 30.9 Å². The monoisotopic (exact) mass is 396 g/mol. The molecule has 0 radical (unpaired) electrons. The summed E-state index contributed by atoms with van der Waals surface area (Å²) in [5.41, 5.74) is 0. The Morgan fingerprint density at radius 1 is 1.30 bits per heavy atom. The normalized spacial score (nSPS) is 17.2. The van der Waals surface area contributed by atoms with E-state index in [1.54, 1.807) is 0 Å². The van der Waals surface area contributed by atoms with Crippen molar-refractivity contribution in [2.75, 3.05) is 46.8 Å². The number of nitrogens with one attached hydrogen (secondary N) is 1. The summed E-state index contributed by atoms with van der Waals surface area (Å²) in [5, 5.41) is 3.50. The van der Waals surface area contributed by atoms with Crippen molar-refractivity contribution in [3.05, 3.63) is 0 Å². The molecule has 0 saturated carbocycles. The fraction of sp³-hybridized carbons (Fsp3) is 0.933. The van der Waals surface area contributed by atoms with E-state index in [0.29, 0.717) is 0 Å². The summed E-state index contributed by atoms with van der Waals surface area (Å²) >= 11 is 0. The van der Waals surface area contributed by atoms with Crippen molar-refractivity contribution in [1.82, 2.24) is 15.1 Å². The van der Waals surface area contributed by atoms with Gasteiger partial charge in [0.2, 0.25) is 0 Å². The van der Waals surface area contributed by atoms with Crippen LogP contribution in [-0.2, 0) is 0 Å². The van der Waals surface area contributed by atoms with Crippen molar-refractivity contribution >= 4 is 29.9 Å². The van der Waals surface area contributed by atoms with Crippen LogP contribution in [0.15, 0.2) is 4.99 Å². The van der Waals surface area contributed by atoms with Crippen molar-refractivity contribution in [2.24, 2.45) is 10.9 Å². The Labute approximate surface area is 142 Å². The Balaban J connectivity index is 0.00000361. The molecule has 0 amide bonds. The smallest absolute Gasteiger partial charge is 0.193 e. The first-order chi connectivity index (χ1) is 9.17. The van der Waals surface area contributed by atoms with Crippen LogP contribution in [0.4, 0.5) is 0 Å². The van der Waals surface area contributed by atoms with Gasteiger partial charge < -0.3 is 15.1 Å². The highest BCUT2D eigenvalue weighted by molar-refractivity contribution is 14.0. The van der Waals surface area contributed by atoms with E-state index in [9.17, 15) is 0 Å². The van der Waals surface area contributed by atoms with Gasteiger partial charge in [-0.1, -0.05) is 20.3 Å². The van der Waals surface area contributed by atoms with Crippen LogP contribution in [0.2, 0.25) is 0 Å². The summed E-state index contributed by atoms with van der Waals surface area (Å²) in [7, 11) is 4.09. The lowest BCUT2D eigenvalue weighted by atomic mass is 10.00. The van der Waals surface area contributed by atoms with E-state index in [0.717, 1.165) is 38.1 Å². The van der Waals surface area contributed by atoms with E-state index in [1.807, 2.05) is 7.05 Å². The minimum absolute atomic E-state index is 0. The van der Waals surface area contributed by atoms with Crippen LogP contribution in [0.25, 0.3) is 0 Å². The zero-order valence-corrected chi connectivity index (χ0v) is 16.0. The van der Waals surface area contributed by atoms with Crippen molar-refractivity contribution in [3.63, 3.8) is 0 Å². The molecule has 1 aliphatic heterocycles. The van der Waals surface area contributed by atoms with Crippen LogP contribution in [0, 0.1) is 5.92 Å². The first-order valence-corrected chi connectivity index (χ1v) is 7.81. The van der Waals surface area contributed by atoms with Crippen LogP contribution in [0.1, 0.15) is 39.5 Å². The Morgan fingerprint density at radius 2 is 1.95 bits per heavy atom. The number of piperidine rings is 1. The van der Waals surface area contributed by atoms with Gasteiger partial charge in [0.15, 0.2) is 5.96 Å². The van der Waals surface area contributed by atoms with Crippen LogP contribution >= 0.6 is 24.0 Å². The number of aliphatic imine (C=N–C) groups is 1. The molecule has 4 nitrogen and oxygen atoms in total. The lowest BCUT2D eigenvalue weighted by Crippen LogP contribution is -2.47. The summed E-state index contributed by atoms with van der Waals surface area (Å²) < 4.78 is 0. The molecule has 1 rings (SSSR count). The van der Waals surface area contributed by atoms with Crippen molar-refractivity contribution < 1.29 is 0 Å². The predicted molar refractivity (Wildman–Crippen MR) is 99.2 cm³/mol. The maximum Gasteiger partial charge on any atom is 0.193 e. The third-order valence-electron chi connectivity index (χ3n) is 3.96. The molecule has 5 heteroatoms. The summed E-state index contributed by atoms with van der Waals surface area (Å²) in [6, 6.07) is 0. The number of hydrogen-bond donors (Lipinski definition) is 1. The number of halogens is 1. The van der Waals surface area contributed by atoms with Gasteiger partial charge in [0, 0.05) is 33.2 Å². The second-order valence-electron chi connectivity index (χ2n) is 5.80. The molecule has 1 saturated heterocycles. The molecule has 1 heterocycles. The molecule has 1 fully saturated rings. The quantitative estimate of drug-likeness (QED) is 0.426. The van der Waals surface area contributed by atoms with E-state index < -0.39 is 0 Å². The van der Waals surface area contributed by atoms with Crippen LogP contribution in [0.3, 0.4) is 0 Å². The number of unbranched alkanes of at least 4 members (excludes halogenated alkanes) is 1. The molecule has 1 N–H and O–H groups in total. The number of rotatable bonds is 6. The molecule has 0 spiro atoms. The molecule has 0 aromatic carbocycles. The number of hydrogen-bond acceptors (Lipinski definition) is 2. The zero-order chi connectivity index (χ0) is 14.1. The van der Waals surface area contributed by atoms with Gasteiger partial charge in [-0.25, -0.2) is 0 Å². The van der Waals surface area contributed by atoms with E-state index in [2.05, 4.69) is 41.0 Å². The highest BCUT2D eigenvalue weighted by Gasteiger charge is 2.18. The standard InChI is InChI=1S/C15H32N4.HI/c1-5-6-10-18(4)13-9-17-15(16-3)19-11-7-14(2)8-12-19;/h14H,5-13H2,1-4H3,(H,16,17);1H. The summed E-state index contributed by atoms with van der Waals surface area (Å²) in [4.78, 5) is 9.19. The third kappa shape index (κ3) is 7.67. The zero-order valence-electron chi connectivity index (χ0n) is 13.7. The van der Waals surface area contributed by atoms with Crippen molar-refractivity contribution in [2.45, 2.75) is 39.5 Å². The number of nitrogens with zero attached hydrogens (tertiary/aromatic N) is 3. The molecular weight excluding hydrogens is 363 g/mol. The summed E-state index contributed by atoms with van der Waals surface area (Å²) in [5.74, 6) is 1.95. The van der Waals surface area contributed by atoms with Crippen LogP contribution in [0.5, 0.6) is 0 Å². The maximum atomic E-state index is 4.41. The molecule has 0 bridgehead atoms. The number of likely N-dealkylation sites (tertiary alicyclic amines) is 1. The van der Waals surface area contributed by atoms with Crippen LogP contribution in [-0.4, -0.2) is 62.6 Å². The van der Waals surface area contributed by atoms with E-state index >= 15 is 0 Å². The largest absolute Gasteiger partial charge is 0.355 e.